The van der Waals surface area contributed by atoms with E-state index < -0.39 is 0 Å². The van der Waals surface area contributed by atoms with Gasteiger partial charge < -0.3 is 5.32 Å². The molecule has 120 valence electrons. The van der Waals surface area contributed by atoms with Crippen LogP contribution in [-0.2, 0) is 0 Å². The third-order valence-electron chi connectivity index (χ3n) is 3.52. The van der Waals surface area contributed by atoms with E-state index in [1.807, 2.05) is 29.0 Å². The average molecular weight is 373 g/mol. The fraction of sp³-hybridized carbons (Fsp3) is 0.214. The first-order chi connectivity index (χ1) is 11.8. The molecule has 5 rings (SSSR count). The summed E-state index contributed by atoms with van der Waals surface area (Å²) in [5.74, 6) is 0.752. The van der Waals surface area contributed by atoms with Crippen LogP contribution in [0.5, 0.6) is 0 Å². The molecule has 0 aliphatic heterocycles. The number of anilines is 1. The molecule has 24 heavy (non-hydrogen) atoms. The SMILES string of the molecule is c1cc(-c2nnc3ccc(Sc4nnc(NC5CC5)s4)nn23)cs1. The Labute approximate surface area is 149 Å². The molecule has 4 aromatic rings. The molecule has 0 atom stereocenters. The number of rotatable bonds is 5. The van der Waals surface area contributed by atoms with E-state index >= 15 is 0 Å². The summed E-state index contributed by atoms with van der Waals surface area (Å²) in [5, 5.41) is 30.6. The molecule has 1 saturated carbocycles. The van der Waals surface area contributed by atoms with E-state index in [-0.39, 0.29) is 0 Å². The molecule has 10 heteroatoms. The summed E-state index contributed by atoms with van der Waals surface area (Å²) >= 11 is 4.68. The molecule has 0 radical (unpaired) electrons. The zero-order valence-corrected chi connectivity index (χ0v) is 14.7. The fourth-order valence-corrected chi connectivity index (χ4v) is 4.57. The fourth-order valence-electron chi connectivity index (χ4n) is 2.20. The van der Waals surface area contributed by atoms with Crippen molar-refractivity contribution in [3.63, 3.8) is 0 Å². The van der Waals surface area contributed by atoms with Gasteiger partial charge >= 0.3 is 0 Å². The lowest BCUT2D eigenvalue weighted by Gasteiger charge is -1.99. The van der Waals surface area contributed by atoms with E-state index in [0.717, 1.165) is 31.5 Å². The van der Waals surface area contributed by atoms with Crippen molar-refractivity contribution in [2.24, 2.45) is 0 Å². The third-order valence-corrected chi connectivity index (χ3v) is 6.04. The Hall–Kier alpha value is -2.04. The maximum absolute atomic E-state index is 4.65. The molecular formula is C14H11N7S3. The van der Waals surface area contributed by atoms with Crippen molar-refractivity contribution in [3.8, 4) is 11.4 Å². The van der Waals surface area contributed by atoms with E-state index in [1.54, 1.807) is 27.2 Å². The number of nitrogens with zero attached hydrogens (tertiary/aromatic N) is 6. The maximum atomic E-state index is 4.65. The zero-order valence-electron chi connectivity index (χ0n) is 12.3. The van der Waals surface area contributed by atoms with Gasteiger partial charge in [-0.25, -0.2) is 0 Å². The van der Waals surface area contributed by atoms with Crippen LogP contribution in [-0.4, -0.2) is 36.1 Å². The van der Waals surface area contributed by atoms with Gasteiger partial charge in [0.2, 0.25) is 5.13 Å². The van der Waals surface area contributed by atoms with Gasteiger partial charge in [-0.05, 0) is 48.2 Å². The normalized spacial score (nSPS) is 14.3. The molecule has 1 aliphatic carbocycles. The van der Waals surface area contributed by atoms with Crippen LogP contribution >= 0.6 is 34.4 Å². The maximum Gasteiger partial charge on any atom is 0.206 e. The molecule has 0 aromatic carbocycles. The van der Waals surface area contributed by atoms with Crippen LogP contribution in [0.1, 0.15) is 12.8 Å². The van der Waals surface area contributed by atoms with Gasteiger partial charge in [-0.3, -0.25) is 0 Å². The highest BCUT2D eigenvalue weighted by molar-refractivity contribution is 8.01. The van der Waals surface area contributed by atoms with Crippen molar-refractivity contribution in [2.45, 2.75) is 28.2 Å². The first kappa shape index (κ1) is 14.3. The van der Waals surface area contributed by atoms with Crippen LogP contribution < -0.4 is 5.32 Å². The molecule has 1 N–H and O–H groups in total. The van der Waals surface area contributed by atoms with Crippen molar-refractivity contribution >= 4 is 45.2 Å². The molecule has 0 saturated heterocycles. The van der Waals surface area contributed by atoms with Crippen LogP contribution in [0, 0.1) is 0 Å². The molecule has 1 fully saturated rings. The second-order valence-electron chi connectivity index (χ2n) is 5.37. The largest absolute Gasteiger partial charge is 0.357 e. The van der Waals surface area contributed by atoms with Gasteiger partial charge in [0.05, 0.1) is 0 Å². The van der Waals surface area contributed by atoms with Gasteiger partial charge in [0, 0.05) is 17.0 Å². The summed E-state index contributed by atoms with van der Waals surface area (Å²) in [7, 11) is 0. The summed E-state index contributed by atoms with van der Waals surface area (Å²) in [6, 6.07) is 6.45. The third kappa shape index (κ3) is 2.76. The standard InChI is InChI=1S/C14H11N7S3/c1-2-9(1)15-13-18-19-14(24-13)23-11-4-3-10-16-17-12(21(10)20-11)8-5-6-22-7-8/h3-7,9H,1-2H2,(H,15,18). The number of hydrogen-bond donors (Lipinski definition) is 1. The van der Waals surface area contributed by atoms with Gasteiger partial charge in [0.15, 0.2) is 15.8 Å². The second kappa shape index (κ2) is 5.80. The smallest absolute Gasteiger partial charge is 0.206 e. The summed E-state index contributed by atoms with van der Waals surface area (Å²) in [4.78, 5) is 0. The molecule has 7 nitrogen and oxygen atoms in total. The predicted octanol–water partition coefficient (Wildman–Crippen LogP) is 3.43. The Morgan fingerprint density at radius 1 is 1.12 bits per heavy atom. The number of aromatic nitrogens is 6. The van der Waals surface area contributed by atoms with E-state index in [4.69, 9.17) is 0 Å². The number of fused-ring (bicyclic) bond motifs is 1. The molecule has 0 amide bonds. The Balaban J connectivity index is 1.44. The van der Waals surface area contributed by atoms with Gasteiger partial charge in [-0.15, -0.1) is 20.4 Å². The van der Waals surface area contributed by atoms with Crippen LogP contribution in [0.4, 0.5) is 5.13 Å². The Morgan fingerprint density at radius 3 is 2.92 bits per heavy atom. The minimum Gasteiger partial charge on any atom is -0.357 e. The number of hydrogen-bond acceptors (Lipinski definition) is 9. The highest BCUT2D eigenvalue weighted by atomic mass is 32.2. The Bertz CT molecular complexity index is 987. The minimum absolute atomic E-state index is 0.579. The van der Waals surface area contributed by atoms with E-state index in [1.165, 1.54) is 24.6 Å². The molecule has 4 heterocycles. The first-order valence-electron chi connectivity index (χ1n) is 7.38. The summed E-state index contributed by atoms with van der Waals surface area (Å²) in [6.07, 6.45) is 2.44. The van der Waals surface area contributed by atoms with Crippen LogP contribution in [0.25, 0.3) is 17.0 Å². The van der Waals surface area contributed by atoms with Gasteiger partial charge in [0.25, 0.3) is 0 Å². The molecule has 0 spiro atoms. The van der Waals surface area contributed by atoms with Gasteiger partial charge in [-0.1, -0.05) is 11.3 Å². The van der Waals surface area contributed by atoms with Gasteiger partial charge in [0.1, 0.15) is 5.03 Å². The van der Waals surface area contributed by atoms with E-state index in [0.29, 0.717) is 6.04 Å². The predicted molar refractivity (Wildman–Crippen MR) is 94.8 cm³/mol. The zero-order chi connectivity index (χ0) is 15.9. The van der Waals surface area contributed by atoms with E-state index in [9.17, 15) is 0 Å². The molecule has 0 unspecified atom stereocenters. The second-order valence-corrected chi connectivity index (χ2v) is 8.40. The van der Waals surface area contributed by atoms with Crippen molar-refractivity contribution in [1.82, 2.24) is 30.0 Å². The quantitative estimate of drug-likeness (QED) is 0.574. The lowest BCUT2D eigenvalue weighted by molar-refractivity contribution is 0.859. The van der Waals surface area contributed by atoms with Crippen LogP contribution in [0.2, 0.25) is 0 Å². The van der Waals surface area contributed by atoms with Crippen molar-refractivity contribution in [1.29, 1.82) is 0 Å². The monoisotopic (exact) mass is 373 g/mol. The number of thiophene rings is 1. The van der Waals surface area contributed by atoms with Crippen LogP contribution in [0.15, 0.2) is 38.3 Å². The summed E-state index contributed by atoms with van der Waals surface area (Å²) < 4.78 is 2.64. The lowest BCUT2D eigenvalue weighted by atomic mass is 10.3. The van der Waals surface area contributed by atoms with Crippen molar-refractivity contribution in [3.05, 3.63) is 29.0 Å². The minimum atomic E-state index is 0.579. The number of nitrogens with one attached hydrogen (secondary N) is 1. The van der Waals surface area contributed by atoms with Crippen molar-refractivity contribution < 1.29 is 0 Å². The summed E-state index contributed by atoms with van der Waals surface area (Å²) in [5.41, 5.74) is 1.75. The van der Waals surface area contributed by atoms with E-state index in [2.05, 4.69) is 30.8 Å². The van der Waals surface area contributed by atoms with Gasteiger partial charge in [-0.2, -0.15) is 21.0 Å². The Kier molecular flexibility index (Phi) is 3.46. The average Bonchev–Trinajstić information content (AvgIpc) is 3.00. The molecular weight excluding hydrogens is 362 g/mol. The molecule has 4 aromatic heterocycles. The Morgan fingerprint density at radius 2 is 2.08 bits per heavy atom. The highest BCUT2D eigenvalue weighted by Crippen LogP contribution is 2.33. The topological polar surface area (TPSA) is 80.9 Å². The first-order valence-corrected chi connectivity index (χ1v) is 9.96. The van der Waals surface area contributed by atoms with Crippen molar-refractivity contribution in [2.75, 3.05) is 5.32 Å². The molecule has 0 bridgehead atoms. The van der Waals surface area contributed by atoms with Crippen LogP contribution in [0.3, 0.4) is 0 Å². The summed E-state index contributed by atoms with van der Waals surface area (Å²) in [6.45, 7) is 0. The molecule has 1 aliphatic rings. The lowest BCUT2D eigenvalue weighted by Crippen LogP contribution is -1.99. The highest BCUT2D eigenvalue weighted by Gasteiger charge is 2.22.